The van der Waals surface area contributed by atoms with Gasteiger partial charge in [-0.2, -0.15) is 0 Å². The zero-order chi connectivity index (χ0) is 23.4. The predicted octanol–water partition coefficient (Wildman–Crippen LogP) is 6.41. The molecule has 1 aliphatic heterocycles. The summed E-state index contributed by atoms with van der Waals surface area (Å²) in [5.41, 5.74) is 2.24. The van der Waals surface area contributed by atoms with Gasteiger partial charge in [-0.1, -0.05) is 52.3 Å². The highest BCUT2D eigenvalue weighted by atomic mass is 79.9. The number of para-hydroxylation sites is 1. The molecule has 3 aromatic rings. The Kier molecular flexibility index (Phi) is 7.15. The van der Waals surface area contributed by atoms with Crippen LogP contribution in [0.25, 0.3) is 6.08 Å². The number of nitrogens with zero attached hydrogens (tertiary/aromatic N) is 1. The number of methoxy groups -OCH3 is 1. The SMILES string of the molecule is COc1cccc(/C=C2\SC(=O)N(Cc3ccc(Br)cc3)C2=O)c1OCc1ccc(F)cc1. The van der Waals surface area contributed by atoms with Crippen molar-refractivity contribution in [3.05, 3.63) is 98.6 Å². The molecule has 1 aliphatic rings. The van der Waals surface area contributed by atoms with Gasteiger partial charge in [-0.15, -0.1) is 0 Å². The Morgan fingerprint density at radius 3 is 2.39 bits per heavy atom. The third-order valence-electron chi connectivity index (χ3n) is 4.94. The summed E-state index contributed by atoms with van der Waals surface area (Å²) in [6, 6.07) is 18.8. The fourth-order valence-corrected chi connectivity index (χ4v) is 4.34. The average Bonchev–Trinajstić information content (AvgIpc) is 3.07. The van der Waals surface area contributed by atoms with Crippen LogP contribution >= 0.6 is 27.7 Å². The summed E-state index contributed by atoms with van der Waals surface area (Å²) < 4.78 is 25.5. The van der Waals surface area contributed by atoms with Crippen LogP contribution in [0.15, 0.2) is 76.1 Å². The second-order valence-electron chi connectivity index (χ2n) is 7.19. The number of hydrogen-bond acceptors (Lipinski definition) is 5. The highest BCUT2D eigenvalue weighted by Gasteiger charge is 2.35. The van der Waals surface area contributed by atoms with Crippen molar-refractivity contribution in [3.63, 3.8) is 0 Å². The van der Waals surface area contributed by atoms with Gasteiger partial charge >= 0.3 is 0 Å². The largest absolute Gasteiger partial charge is 0.493 e. The number of imide groups is 1. The second kappa shape index (κ2) is 10.2. The van der Waals surface area contributed by atoms with E-state index in [4.69, 9.17) is 9.47 Å². The van der Waals surface area contributed by atoms with Crippen molar-refractivity contribution < 1.29 is 23.5 Å². The molecule has 0 radical (unpaired) electrons. The van der Waals surface area contributed by atoms with Crippen molar-refractivity contribution in [1.82, 2.24) is 4.90 Å². The number of amides is 2. The molecule has 33 heavy (non-hydrogen) atoms. The van der Waals surface area contributed by atoms with Gasteiger partial charge in [-0.05, 0) is 59.3 Å². The zero-order valence-electron chi connectivity index (χ0n) is 17.6. The molecule has 4 rings (SSSR count). The highest BCUT2D eigenvalue weighted by Crippen LogP contribution is 2.38. The first kappa shape index (κ1) is 23.1. The number of halogens is 2. The Morgan fingerprint density at radius 2 is 1.70 bits per heavy atom. The maximum Gasteiger partial charge on any atom is 0.293 e. The van der Waals surface area contributed by atoms with E-state index >= 15 is 0 Å². The molecular formula is C25H19BrFNO4S. The van der Waals surface area contributed by atoms with Crippen LogP contribution in [-0.4, -0.2) is 23.2 Å². The van der Waals surface area contributed by atoms with Crippen LogP contribution in [0.1, 0.15) is 16.7 Å². The van der Waals surface area contributed by atoms with Gasteiger partial charge in [-0.25, -0.2) is 4.39 Å². The molecule has 3 aromatic carbocycles. The molecule has 0 aromatic heterocycles. The molecule has 0 bridgehead atoms. The lowest BCUT2D eigenvalue weighted by Gasteiger charge is -2.14. The molecule has 1 fully saturated rings. The third kappa shape index (κ3) is 5.46. The van der Waals surface area contributed by atoms with Crippen molar-refractivity contribution in [3.8, 4) is 11.5 Å². The molecule has 5 nitrogen and oxygen atoms in total. The summed E-state index contributed by atoms with van der Waals surface area (Å²) in [5.74, 6) is 0.236. The standard InChI is InChI=1S/C25H19BrFNO4S/c1-31-21-4-2-3-18(23(21)32-15-17-7-11-20(27)12-8-17)13-22-24(29)28(25(30)33-22)14-16-5-9-19(26)10-6-16/h2-13H,14-15H2,1H3/b22-13-. The molecule has 0 spiro atoms. The lowest BCUT2D eigenvalue weighted by atomic mass is 10.1. The summed E-state index contributed by atoms with van der Waals surface area (Å²) in [6.45, 7) is 0.383. The van der Waals surface area contributed by atoms with Gasteiger partial charge in [0, 0.05) is 10.0 Å². The van der Waals surface area contributed by atoms with E-state index in [2.05, 4.69) is 15.9 Å². The minimum Gasteiger partial charge on any atom is -0.493 e. The maximum absolute atomic E-state index is 13.2. The first-order valence-corrected chi connectivity index (χ1v) is 11.6. The van der Waals surface area contributed by atoms with Crippen LogP contribution in [0.4, 0.5) is 9.18 Å². The molecule has 0 atom stereocenters. The van der Waals surface area contributed by atoms with Gasteiger partial charge in [-0.3, -0.25) is 14.5 Å². The van der Waals surface area contributed by atoms with Gasteiger partial charge in [0.2, 0.25) is 0 Å². The Morgan fingerprint density at radius 1 is 1.00 bits per heavy atom. The molecule has 0 N–H and O–H groups in total. The second-order valence-corrected chi connectivity index (χ2v) is 9.10. The Labute approximate surface area is 203 Å². The van der Waals surface area contributed by atoms with E-state index in [1.54, 1.807) is 36.4 Å². The van der Waals surface area contributed by atoms with Crippen molar-refractivity contribution in [2.45, 2.75) is 13.2 Å². The highest BCUT2D eigenvalue weighted by molar-refractivity contribution is 9.10. The van der Waals surface area contributed by atoms with E-state index in [0.29, 0.717) is 22.0 Å². The Balaban J connectivity index is 1.57. The fraction of sp³-hybridized carbons (Fsp3) is 0.120. The molecule has 0 unspecified atom stereocenters. The third-order valence-corrected chi connectivity index (χ3v) is 6.38. The monoisotopic (exact) mass is 527 g/mol. The quantitative estimate of drug-likeness (QED) is 0.332. The molecule has 168 valence electrons. The summed E-state index contributed by atoms with van der Waals surface area (Å²) in [4.78, 5) is 27.0. The van der Waals surface area contributed by atoms with Gasteiger partial charge < -0.3 is 9.47 Å². The molecule has 1 heterocycles. The zero-order valence-corrected chi connectivity index (χ0v) is 20.0. The first-order valence-electron chi connectivity index (χ1n) is 9.98. The van der Waals surface area contributed by atoms with E-state index in [9.17, 15) is 14.0 Å². The fourth-order valence-electron chi connectivity index (χ4n) is 3.25. The number of carbonyl (C=O) groups excluding carboxylic acids is 2. The van der Waals surface area contributed by atoms with Gasteiger partial charge in [0.1, 0.15) is 12.4 Å². The van der Waals surface area contributed by atoms with Crippen LogP contribution in [0.5, 0.6) is 11.5 Å². The summed E-state index contributed by atoms with van der Waals surface area (Å²) >= 11 is 4.27. The maximum atomic E-state index is 13.2. The number of benzene rings is 3. The van der Waals surface area contributed by atoms with Crippen LogP contribution in [0.3, 0.4) is 0 Å². The minimum absolute atomic E-state index is 0.187. The van der Waals surface area contributed by atoms with Gasteiger partial charge in [0.05, 0.1) is 18.6 Å². The topological polar surface area (TPSA) is 55.8 Å². The van der Waals surface area contributed by atoms with E-state index in [1.165, 1.54) is 24.1 Å². The lowest BCUT2D eigenvalue weighted by molar-refractivity contribution is -0.123. The Bertz CT molecular complexity index is 1210. The molecule has 0 aliphatic carbocycles. The van der Waals surface area contributed by atoms with E-state index in [1.807, 2.05) is 24.3 Å². The lowest BCUT2D eigenvalue weighted by Crippen LogP contribution is -2.27. The number of hydrogen-bond donors (Lipinski definition) is 0. The normalized spacial score (nSPS) is 14.8. The van der Waals surface area contributed by atoms with Crippen molar-refractivity contribution >= 4 is 44.9 Å². The van der Waals surface area contributed by atoms with E-state index in [0.717, 1.165) is 27.4 Å². The number of thioether (sulfide) groups is 1. The predicted molar refractivity (Wildman–Crippen MR) is 129 cm³/mol. The Hall–Kier alpha value is -3.10. The number of carbonyl (C=O) groups is 2. The van der Waals surface area contributed by atoms with Crippen molar-refractivity contribution in [2.24, 2.45) is 0 Å². The minimum atomic E-state index is -0.361. The average molecular weight is 528 g/mol. The molecule has 0 saturated carbocycles. The summed E-state index contributed by atoms with van der Waals surface area (Å²) in [5, 5.41) is -0.328. The van der Waals surface area contributed by atoms with E-state index < -0.39 is 0 Å². The smallest absolute Gasteiger partial charge is 0.293 e. The molecule has 2 amide bonds. The van der Waals surface area contributed by atoms with Crippen LogP contribution in [0.2, 0.25) is 0 Å². The number of rotatable bonds is 7. The molecule has 8 heteroatoms. The van der Waals surface area contributed by atoms with Crippen molar-refractivity contribution in [1.29, 1.82) is 0 Å². The van der Waals surface area contributed by atoms with Crippen LogP contribution < -0.4 is 9.47 Å². The van der Waals surface area contributed by atoms with Gasteiger partial charge in [0.25, 0.3) is 11.1 Å². The summed E-state index contributed by atoms with van der Waals surface area (Å²) in [6.07, 6.45) is 1.63. The van der Waals surface area contributed by atoms with E-state index in [-0.39, 0.29) is 30.1 Å². The van der Waals surface area contributed by atoms with Crippen LogP contribution in [0, 0.1) is 5.82 Å². The van der Waals surface area contributed by atoms with Crippen LogP contribution in [-0.2, 0) is 17.9 Å². The summed E-state index contributed by atoms with van der Waals surface area (Å²) in [7, 11) is 1.52. The number of ether oxygens (including phenoxy) is 2. The first-order chi connectivity index (χ1) is 15.9. The molecule has 1 saturated heterocycles. The molecular weight excluding hydrogens is 509 g/mol. The van der Waals surface area contributed by atoms with Crippen molar-refractivity contribution in [2.75, 3.05) is 7.11 Å². The van der Waals surface area contributed by atoms with Gasteiger partial charge in [0.15, 0.2) is 11.5 Å².